The molecule has 3 rings (SSSR count). The summed E-state index contributed by atoms with van der Waals surface area (Å²) < 4.78 is 32.8. The Morgan fingerprint density at radius 2 is 1.81 bits per heavy atom. The quantitative estimate of drug-likeness (QED) is 0.636. The van der Waals surface area contributed by atoms with E-state index in [-0.39, 0.29) is 17.0 Å². The summed E-state index contributed by atoms with van der Waals surface area (Å²) in [5.41, 5.74) is 2.06. The lowest BCUT2D eigenvalue weighted by Crippen LogP contribution is -2.44. The Labute approximate surface area is 186 Å². The van der Waals surface area contributed by atoms with E-state index in [1.54, 1.807) is 6.92 Å². The predicted molar refractivity (Wildman–Crippen MR) is 116 cm³/mol. The number of fused-ring (bicyclic) bond motifs is 1. The molecule has 0 saturated carbocycles. The summed E-state index contributed by atoms with van der Waals surface area (Å²) in [7, 11) is -3.83. The molecule has 0 fully saturated rings. The van der Waals surface area contributed by atoms with E-state index in [0.717, 1.165) is 11.1 Å². The first-order valence-corrected chi connectivity index (χ1v) is 11.6. The van der Waals surface area contributed by atoms with Gasteiger partial charge in [-0.1, -0.05) is 30.3 Å². The number of carbonyl (C=O) groups excluding carboxylic acids is 3. The number of amides is 3. The molecular formula is C22H25N3O6S. The van der Waals surface area contributed by atoms with E-state index in [2.05, 4.69) is 10.6 Å². The van der Waals surface area contributed by atoms with Crippen molar-refractivity contribution in [1.29, 1.82) is 0 Å². The van der Waals surface area contributed by atoms with Crippen LogP contribution in [0.4, 0.5) is 4.79 Å². The zero-order chi connectivity index (χ0) is 23.3. The summed E-state index contributed by atoms with van der Waals surface area (Å²) in [5, 5.41) is 4.45. The molecule has 0 aromatic heterocycles. The van der Waals surface area contributed by atoms with Crippen molar-refractivity contribution in [2.45, 2.75) is 37.8 Å². The Balaban J connectivity index is 1.71. The number of benzene rings is 2. The number of hydrogen-bond acceptors (Lipinski definition) is 6. The van der Waals surface area contributed by atoms with Crippen LogP contribution in [-0.2, 0) is 32.5 Å². The first kappa shape index (κ1) is 23.4. The van der Waals surface area contributed by atoms with Crippen LogP contribution in [0.1, 0.15) is 35.3 Å². The molecule has 1 atom stereocenters. The lowest BCUT2D eigenvalue weighted by molar-refractivity contribution is -0.127. The summed E-state index contributed by atoms with van der Waals surface area (Å²) in [6.07, 6.45) is -0.640. The smallest absolute Gasteiger partial charge is 0.338 e. The molecule has 2 aromatic rings. The van der Waals surface area contributed by atoms with Crippen LogP contribution in [0.25, 0.3) is 0 Å². The van der Waals surface area contributed by atoms with Gasteiger partial charge in [-0.2, -0.15) is 4.31 Å². The molecule has 0 unspecified atom stereocenters. The lowest BCUT2D eigenvalue weighted by Gasteiger charge is -2.28. The maximum absolute atomic E-state index is 13.2. The van der Waals surface area contributed by atoms with Gasteiger partial charge in [-0.25, -0.2) is 18.0 Å². The average molecular weight is 460 g/mol. The van der Waals surface area contributed by atoms with Crippen LogP contribution in [0.5, 0.6) is 0 Å². The normalized spacial score (nSPS) is 14.7. The number of urea groups is 1. The molecular weight excluding hydrogens is 434 g/mol. The largest absolute Gasteiger partial charge is 0.449 e. The molecule has 1 aliphatic heterocycles. The number of sulfonamides is 1. The van der Waals surface area contributed by atoms with Crippen LogP contribution >= 0.6 is 0 Å². The van der Waals surface area contributed by atoms with Crippen molar-refractivity contribution in [3.8, 4) is 0 Å². The minimum atomic E-state index is -3.83. The van der Waals surface area contributed by atoms with Crippen molar-refractivity contribution in [1.82, 2.24) is 14.9 Å². The highest BCUT2D eigenvalue weighted by Crippen LogP contribution is 2.25. The minimum Gasteiger partial charge on any atom is -0.449 e. The zero-order valence-electron chi connectivity index (χ0n) is 17.8. The van der Waals surface area contributed by atoms with E-state index in [0.29, 0.717) is 19.5 Å². The van der Waals surface area contributed by atoms with Crippen molar-refractivity contribution < 1.29 is 27.5 Å². The molecule has 32 heavy (non-hydrogen) atoms. The van der Waals surface area contributed by atoms with Gasteiger partial charge < -0.3 is 10.1 Å². The van der Waals surface area contributed by atoms with Crippen LogP contribution in [0.3, 0.4) is 0 Å². The summed E-state index contributed by atoms with van der Waals surface area (Å²) >= 11 is 0. The fourth-order valence-electron chi connectivity index (χ4n) is 3.31. The summed E-state index contributed by atoms with van der Waals surface area (Å²) in [5.74, 6) is -1.66. The van der Waals surface area contributed by atoms with Gasteiger partial charge in [0.1, 0.15) is 0 Å². The topological polar surface area (TPSA) is 122 Å². The zero-order valence-corrected chi connectivity index (χ0v) is 18.6. The molecule has 2 N–H and O–H groups in total. The second-order valence-electron chi connectivity index (χ2n) is 7.28. The second kappa shape index (κ2) is 9.92. The first-order valence-electron chi connectivity index (χ1n) is 10.2. The number of rotatable bonds is 6. The van der Waals surface area contributed by atoms with E-state index < -0.39 is 34.0 Å². The van der Waals surface area contributed by atoms with Crippen LogP contribution in [0.2, 0.25) is 0 Å². The fourth-order valence-corrected chi connectivity index (χ4v) is 4.77. The molecule has 2 aromatic carbocycles. The van der Waals surface area contributed by atoms with Gasteiger partial charge in [0, 0.05) is 19.6 Å². The SMILES string of the molecule is CCNC(=O)NC(=O)[C@@H](C)OC(=O)c1cccc(S(=O)(=O)N2CCc3ccccc3C2)c1. The fraction of sp³-hybridized carbons (Fsp3) is 0.318. The minimum absolute atomic E-state index is 0.0128. The Kier molecular flexibility index (Phi) is 7.26. The Morgan fingerprint density at radius 1 is 1.09 bits per heavy atom. The molecule has 0 radical (unpaired) electrons. The molecule has 3 amide bonds. The Bertz CT molecular complexity index is 1130. The van der Waals surface area contributed by atoms with E-state index in [1.807, 2.05) is 24.3 Å². The molecule has 0 saturated heterocycles. The summed E-state index contributed by atoms with van der Waals surface area (Å²) in [6, 6.07) is 12.5. The predicted octanol–water partition coefficient (Wildman–Crippen LogP) is 1.82. The number of imide groups is 1. The second-order valence-corrected chi connectivity index (χ2v) is 9.22. The molecule has 9 nitrogen and oxygen atoms in total. The van der Waals surface area contributed by atoms with E-state index in [1.165, 1.54) is 35.5 Å². The van der Waals surface area contributed by atoms with Crippen LogP contribution in [-0.4, -0.2) is 49.8 Å². The summed E-state index contributed by atoms with van der Waals surface area (Å²) in [6.45, 7) is 3.93. The number of ether oxygens (including phenoxy) is 1. The average Bonchev–Trinajstić information content (AvgIpc) is 2.78. The highest BCUT2D eigenvalue weighted by molar-refractivity contribution is 7.89. The van der Waals surface area contributed by atoms with E-state index in [9.17, 15) is 22.8 Å². The Hall–Kier alpha value is -3.24. The van der Waals surface area contributed by atoms with Crippen LogP contribution in [0, 0.1) is 0 Å². The monoisotopic (exact) mass is 459 g/mol. The maximum Gasteiger partial charge on any atom is 0.338 e. The molecule has 1 heterocycles. The number of hydrogen-bond donors (Lipinski definition) is 2. The molecule has 1 aliphatic rings. The summed E-state index contributed by atoms with van der Waals surface area (Å²) in [4.78, 5) is 35.9. The highest BCUT2D eigenvalue weighted by atomic mass is 32.2. The van der Waals surface area contributed by atoms with Crippen molar-refractivity contribution >= 4 is 27.9 Å². The van der Waals surface area contributed by atoms with Crippen molar-refractivity contribution in [3.63, 3.8) is 0 Å². The van der Waals surface area contributed by atoms with Gasteiger partial charge in [0.2, 0.25) is 10.0 Å². The molecule has 170 valence electrons. The number of nitrogens with one attached hydrogen (secondary N) is 2. The van der Waals surface area contributed by atoms with E-state index >= 15 is 0 Å². The Morgan fingerprint density at radius 3 is 2.53 bits per heavy atom. The first-order chi connectivity index (χ1) is 15.2. The molecule has 0 aliphatic carbocycles. The van der Waals surface area contributed by atoms with Gasteiger partial charge in [-0.15, -0.1) is 0 Å². The third-order valence-corrected chi connectivity index (χ3v) is 6.87. The van der Waals surface area contributed by atoms with Gasteiger partial charge in [0.15, 0.2) is 6.10 Å². The van der Waals surface area contributed by atoms with Gasteiger partial charge in [0.05, 0.1) is 10.5 Å². The van der Waals surface area contributed by atoms with Gasteiger partial charge in [-0.05, 0) is 49.6 Å². The number of esters is 1. The maximum atomic E-state index is 13.2. The van der Waals surface area contributed by atoms with Crippen molar-refractivity contribution in [2.24, 2.45) is 0 Å². The van der Waals surface area contributed by atoms with Crippen LogP contribution < -0.4 is 10.6 Å². The third-order valence-electron chi connectivity index (χ3n) is 5.03. The van der Waals surface area contributed by atoms with E-state index in [4.69, 9.17) is 4.74 Å². The lowest BCUT2D eigenvalue weighted by atomic mass is 10.0. The molecule has 0 spiro atoms. The van der Waals surface area contributed by atoms with Gasteiger partial charge >= 0.3 is 12.0 Å². The van der Waals surface area contributed by atoms with Crippen molar-refractivity contribution in [2.75, 3.05) is 13.1 Å². The third kappa shape index (κ3) is 5.32. The van der Waals surface area contributed by atoms with Crippen molar-refractivity contribution in [3.05, 3.63) is 65.2 Å². The molecule has 0 bridgehead atoms. The highest BCUT2D eigenvalue weighted by Gasteiger charge is 2.29. The molecule has 10 heteroatoms. The van der Waals surface area contributed by atoms with Gasteiger partial charge in [-0.3, -0.25) is 10.1 Å². The number of nitrogens with zero attached hydrogens (tertiary/aromatic N) is 1. The number of carbonyl (C=O) groups is 3. The van der Waals surface area contributed by atoms with Crippen LogP contribution in [0.15, 0.2) is 53.4 Å². The standard InChI is InChI=1S/C22H25N3O6S/c1-3-23-22(28)24-20(26)15(2)31-21(27)17-9-6-10-19(13-17)32(29,30)25-12-11-16-7-4-5-8-18(16)14-25/h4-10,13,15H,3,11-12,14H2,1-2H3,(H2,23,24,26,28)/t15-/m1/s1. The van der Waals surface area contributed by atoms with Gasteiger partial charge in [0.25, 0.3) is 5.91 Å².